The SMILES string of the molecule is O=C(NNC(=O)c1ccccc1OCC1CCCO1)c1ccc(Cn2nnc(-c3ccccc3)n2)cc1. The quantitative estimate of drug-likeness (QED) is 0.358. The number of nitrogens with one attached hydrogen (secondary N) is 2. The van der Waals surface area contributed by atoms with Gasteiger partial charge in [0.1, 0.15) is 12.4 Å². The van der Waals surface area contributed by atoms with E-state index in [1.807, 2.05) is 30.3 Å². The Morgan fingerprint density at radius 1 is 0.946 bits per heavy atom. The van der Waals surface area contributed by atoms with Crippen LogP contribution in [0.2, 0.25) is 0 Å². The predicted octanol–water partition coefficient (Wildman–Crippen LogP) is 3.02. The van der Waals surface area contributed by atoms with Gasteiger partial charge in [0.25, 0.3) is 11.8 Å². The molecule has 1 aromatic heterocycles. The number of aromatic nitrogens is 4. The van der Waals surface area contributed by atoms with Crippen molar-refractivity contribution >= 4 is 11.8 Å². The molecule has 0 bridgehead atoms. The molecule has 10 heteroatoms. The minimum absolute atomic E-state index is 0.0324. The third-order valence-corrected chi connectivity index (χ3v) is 5.89. The van der Waals surface area contributed by atoms with Crippen LogP contribution in [0.1, 0.15) is 39.1 Å². The summed E-state index contributed by atoms with van der Waals surface area (Å²) < 4.78 is 11.4. The van der Waals surface area contributed by atoms with Crippen LogP contribution >= 0.6 is 0 Å². The summed E-state index contributed by atoms with van der Waals surface area (Å²) in [5.74, 6) is 0.0692. The average molecular weight is 499 g/mol. The highest BCUT2D eigenvalue weighted by molar-refractivity contribution is 6.00. The maximum atomic E-state index is 12.7. The lowest BCUT2D eigenvalue weighted by Crippen LogP contribution is -2.41. The zero-order valence-corrected chi connectivity index (χ0v) is 20.0. The molecule has 2 N–H and O–H groups in total. The smallest absolute Gasteiger partial charge is 0.273 e. The summed E-state index contributed by atoms with van der Waals surface area (Å²) in [6, 6.07) is 23.4. The van der Waals surface area contributed by atoms with Gasteiger partial charge in [-0.1, -0.05) is 54.6 Å². The van der Waals surface area contributed by atoms with Gasteiger partial charge in [0.05, 0.1) is 18.2 Å². The van der Waals surface area contributed by atoms with Crippen molar-refractivity contribution in [3.8, 4) is 17.1 Å². The molecular formula is C27H26N6O4. The summed E-state index contributed by atoms with van der Waals surface area (Å²) >= 11 is 0. The number of tetrazole rings is 1. The second kappa shape index (κ2) is 11.4. The van der Waals surface area contributed by atoms with Crippen LogP contribution in [-0.4, -0.2) is 51.3 Å². The van der Waals surface area contributed by atoms with Crippen LogP contribution in [0.4, 0.5) is 0 Å². The van der Waals surface area contributed by atoms with E-state index < -0.39 is 11.8 Å². The van der Waals surface area contributed by atoms with E-state index in [4.69, 9.17) is 9.47 Å². The minimum Gasteiger partial charge on any atom is -0.490 e. The number of ether oxygens (including phenoxy) is 2. The van der Waals surface area contributed by atoms with Gasteiger partial charge in [-0.15, -0.1) is 10.2 Å². The van der Waals surface area contributed by atoms with Gasteiger partial charge in [-0.05, 0) is 47.9 Å². The van der Waals surface area contributed by atoms with Crippen LogP contribution in [0.5, 0.6) is 5.75 Å². The van der Waals surface area contributed by atoms with Crippen LogP contribution in [0.3, 0.4) is 0 Å². The van der Waals surface area contributed by atoms with Crippen molar-refractivity contribution in [1.82, 2.24) is 31.1 Å². The van der Waals surface area contributed by atoms with Gasteiger partial charge in [0, 0.05) is 17.7 Å². The van der Waals surface area contributed by atoms with Gasteiger partial charge in [-0.3, -0.25) is 20.4 Å². The van der Waals surface area contributed by atoms with E-state index in [2.05, 4.69) is 26.3 Å². The summed E-state index contributed by atoms with van der Waals surface area (Å²) in [7, 11) is 0. The van der Waals surface area contributed by atoms with Crippen LogP contribution < -0.4 is 15.6 Å². The Morgan fingerprint density at radius 2 is 1.70 bits per heavy atom. The first-order valence-corrected chi connectivity index (χ1v) is 12.0. The van der Waals surface area contributed by atoms with Gasteiger partial charge in [-0.25, -0.2) is 0 Å². The molecule has 1 saturated heterocycles. The van der Waals surface area contributed by atoms with E-state index in [1.54, 1.807) is 48.5 Å². The number of carbonyl (C=O) groups is 2. The van der Waals surface area contributed by atoms with E-state index in [0.29, 0.717) is 35.9 Å². The molecule has 1 atom stereocenters. The van der Waals surface area contributed by atoms with Crippen LogP contribution in [0, 0.1) is 0 Å². The zero-order valence-electron chi connectivity index (χ0n) is 20.0. The number of hydrogen-bond donors (Lipinski definition) is 2. The molecule has 1 fully saturated rings. The summed E-state index contributed by atoms with van der Waals surface area (Å²) in [5, 5.41) is 12.6. The Balaban J connectivity index is 1.14. The summed E-state index contributed by atoms with van der Waals surface area (Å²) in [6.07, 6.45) is 1.98. The van der Waals surface area contributed by atoms with Crippen molar-refractivity contribution in [3.63, 3.8) is 0 Å². The van der Waals surface area contributed by atoms with Crippen molar-refractivity contribution in [2.45, 2.75) is 25.5 Å². The van der Waals surface area contributed by atoms with Crippen LogP contribution in [0.15, 0.2) is 78.9 Å². The highest BCUT2D eigenvalue weighted by atomic mass is 16.5. The van der Waals surface area contributed by atoms with Gasteiger partial charge in [-0.2, -0.15) is 4.80 Å². The number of hydrogen-bond acceptors (Lipinski definition) is 7. The molecule has 0 radical (unpaired) electrons. The standard InChI is InChI=1S/C27H26N6O4/c34-26(29-30-27(35)23-10-4-5-11-24(23)37-18-22-9-6-16-36-22)21-14-12-19(13-15-21)17-33-31-25(28-32-33)20-7-2-1-3-8-20/h1-5,7-8,10-15,22H,6,9,16-18H2,(H,29,34)(H,30,35). The topological polar surface area (TPSA) is 120 Å². The largest absolute Gasteiger partial charge is 0.490 e. The monoisotopic (exact) mass is 498 g/mol. The van der Waals surface area contributed by atoms with Crippen molar-refractivity contribution in [2.75, 3.05) is 13.2 Å². The molecular weight excluding hydrogens is 472 g/mol. The van der Waals surface area contributed by atoms with Gasteiger partial charge >= 0.3 is 0 Å². The number of nitrogens with zero attached hydrogens (tertiary/aromatic N) is 4. The molecule has 5 rings (SSSR count). The maximum absolute atomic E-state index is 12.7. The Bertz CT molecular complexity index is 1350. The molecule has 1 aliphatic rings. The van der Waals surface area contributed by atoms with Crippen LogP contribution in [-0.2, 0) is 11.3 Å². The average Bonchev–Trinajstić information content (AvgIpc) is 3.64. The number of para-hydroxylation sites is 1. The van der Waals surface area contributed by atoms with Crippen molar-refractivity contribution < 1.29 is 19.1 Å². The second-order valence-electron chi connectivity index (χ2n) is 8.56. The van der Waals surface area contributed by atoms with E-state index >= 15 is 0 Å². The number of amides is 2. The Hall–Kier alpha value is -4.57. The van der Waals surface area contributed by atoms with E-state index in [0.717, 1.165) is 30.6 Å². The molecule has 4 aromatic rings. The number of benzene rings is 3. The fourth-order valence-corrected chi connectivity index (χ4v) is 3.93. The first-order valence-electron chi connectivity index (χ1n) is 12.0. The Labute approximate surface area is 213 Å². The number of carbonyl (C=O) groups excluding carboxylic acids is 2. The van der Waals surface area contributed by atoms with Crippen LogP contribution in [0.25, 0.3) is 11.4 Å². The fraction of sp³-hybridized carbons (Fsp3) is 0.222. The number of rotatable bonds is 8. The highest BCUT2D eigenvalue weighted by Gasteiger charge is 2.19. The molecule has 188 valence electrons. The van der Waals surface area contributed by atoms with Crippen molar-refractivity contribution in [2.24, 2.45) is 0 Å². The van der Waals surface area contributed by atoms with Gasteiger partial charge in [0.2, 0.25) is 5.82 Å². The summed E-state index contributed by atoms with van der Waals surface area (Å²) in [6.45, 7) is 1.51. The first kappa shape index (κ1) is 24.1. The molecule has 1 unspecified atom stereocenters. The minimum atomic E-state index is -0.473. The molecule has 2 amide bonds. The lowest BCUT2D eigenvalue weighted by Gasteiger charge is -2.15. The maximum Gasteiger partial charge on any atom is 0.273 e. The molecule has 0 saturated carbocycles. The second-order valence-corrected chi connectivity index (χ2v) is 8.56. The van der Waals surface area contributed by atoms with Crippen molar-refractivity contribution in [1.29, 1.82) is 0 Å². The van der Waals surface area contributed by atoms with E-state index in [1.165, 1.54) is 4.80 Å². The van der Waals surface area contributed by atoms with E-state index in [9.17, 15) is 9.59 Å². The third-order valence-electron chi connectivity index (χ3n) is 5.89. The third kappa shape index (κ3) is 6.17. The molecule has 1 aliphatic heterocycles. The molecule has 3 aromatic carbocycles. The Kier molecular flexibility index (Phi) is 7.47. The summed E-state index contributed by atoms with van der Waals surface area (Å²) in [5.41, 5.74) is 7.41. The Morgan fingerprint density at radius 3 is 2.49 bits per heavy atom. The van der Waals surface area contributed by atoms with Gasteiger partial charge in [0.15, 0.2) is 0 Å². The van der Waals surface area contributed by atoms with E-state index in [-0.39, 0.29) is 6.10 Å². The normalized spacial score (nSPS) is 14.8. The summed E-state index contributed by atoms with van der Waals surface area (Å²) in [4.78, 5) is 26.8. The molecule has 10 nitrogen and oxygen atoms in total. The molecule has 37 heavy (non-hydrogen) atoms. The zero-order chi connectivity index (χ0) is 25.5. The molecule has 0 spiro atoms. The van der Waals surface area contributed by atoms with Gasteiger partial charge < -0.3 is 9.47 Å². The lowest BCUT2D eigenvalue weighted by molar-refractivity contribution is 0.0669. The fourth-order valence-electron chi connectivity index (χ4n) is 3.93. The molecule has 0 aliphatic carbocycles. The molecule has 2 heterocycles. The number of hydrazine groups is 1. The highest BCUT2D eigenvalue weighted by Crippen LogP contribution is 2.20. The lowest BCUT2D eigenvalue weighted by atomic mass is 10.1. The first-order chi connectivity index (χ1) is 18.2. The predicted molar refractivity (Wildman–Crippen MR) is 135 cm³/mol. The van der Waals surface area contributed by atoms with Crippen molar-refractivity contribution in [3.05, 3.63) is 95.6 Å².